The molecule has 174 valence electrons. The van der Waals surface area contributed by atoms with E-state index in [2.05, 4.69) is 0 Å². The van der Waals surface area contributed by atoms with Gasteiger partial charge in [-0.25, -0.2) is 13.2 Å². The first-order valence-electron chi connectivity index (χ1n) is 9.56. The van der Waals surface area contributed by atoms with Gasteiger partial charge in [0.1, 0.15) is 10.7 Å². The Bertz CT molecular complexity index is 1200. The van der Waals surface area contributed by atoms with Gasteiger partial charge in [0, 0.05) is 31.4 Å². The number of esters is 1. The van der Waals surface area contributed by atoms with E-state index in [4.69, 9.17) is 16.3 Å². The average Bonchev–Trinajstić information content (AvgIpc) is 2.94. The van der Waals surface area contributed by atoms with Gasteiger partial charge < -0.3 is 9.30 Å². The van der Waals surface area contributed by atoms with E-state index in [1.54, 1.807) is 27.8 Å². The minimum Gasteiger partial charge on any atom is -0.461 e. The summed E-state index contributed by atoms with van der Waals surface area (Å²) < 4.78 is 33.5. The Labute approximate surface area is 190 Å². The number of hydrogen-bond acceptors (Lipinski definition) is 7. The number of ketones is 1. The molecule has 2 rings (SSSR count). The highest BCUT2D eigenvalue weighted by Crippen LogP contribution is 2.30. The lowest BCUT2D eigenvalue weighted by atomic mass is 10.0. The predicted molar refractivity (Wildman–Crippen MR) is 118 cm³/mol. The van der Waals surface area contributed by atoms with Gasteiger partial charge in [0.2, 0.25) is 10.0 Å². The van der Waals surface area contributed by atoms with Crippen molar-refractivity contribution in [2.24, 2.45) is 7.05 Å². The lowest BCUT2D eigenvalue weighted by molar-refractivity contribution is -0.384. The third-order valence-electron chi connectivity index (χ3n) is 5.36. The fraction of sp³-hybridized carbons (Fsp3) is 0.400. The molecule has 0 N–H and O–H groups in total. The summed E-state index contributed by atoms with van der Waals surface area (Å²) in [5, 5.41) is 10.9. The Balaban J connectivity index is 2.48. The molecule has 0 radical (unpaired) electrons. The van der Waals surface area contributed by atoms with Gasteiger partial charge in [0.05, 0.1) is 22.5 Å². The molecule has 0 aliphatic heterocycles. The summed E-state index contributed by atoms with van der Waals surface area (Å²) in [7, 11) is -1.45. The number of carbonyl (C=O) groups excluding carboxylic acids is 2. The number of halogens is 1. The smallest absolute Gasteiger partial charge is 0.355 e. The van der Waals surface area contributed by atoms with E-state index in [9.17, 15) is 28.1 Å². The van der Waals surface area contributed by atoms with E-state index < -0.39 is 38.4 Å². The first-order chi connectivity index (χ1) is 14.8. The number of carbonyl (C=O) groups is 2. The molecule has 1 aromatic heterocycles. The number of nitro benzene ring substituents is 1. The highest BCUT2D eigenvalue weighted by Gasteiger charge is 2.35. The number of likely N-dealkylation sites (N-methyl/N-ethyl adjacent to an activating group) is 1. The van der Waals surface area contributed by atoms with Gasteiger partial charge in [-0.3, -0.25) is 14.9 Å². The van der Waals surface area contributed by atoms with Gasteiger partial charge in [-0.15, -0.1) is 0 Å². The van der Waals surface area contributed by atoms with Crippen LogP contribution in [0.4, 0.5) is 5.69 Å². The standard InChI is InChI=1S/C20H24ClN3O7S/c1-7-31-20(26)18-11(2)17(12(3)22(18)5)19(25)13(4)23(6)32(29,30)14-8-9-15(21)16(10-14)24(27)28/h8-10,13H,7H2,1-6H3. The van der Waals surface area contributed by atoms with Crippen molar-refractivity contribution in [3.8, 4) is 0 Å². The van der Waals surface area contributed by atoms with Crippen molar-refractivity contribution >= 4 is 39.1 Å². The molecule has 0 bridgehead atoms. The largest absolute Gasteiger partial charge is 0.461 e. The third kappa shape index (κ3) is 4.41. The number of Topliss-reactive ketones (excluding diaryl/α,β-unsaturated/α-hetero) is 1. The summed E-state index contributed by atoms with van der Waals surface area (Å²) >= 11 is 5.77. The van der Waals surface area contributed by atoms with Gasteiger partial charge in [-0.1, -0.05) is 11.6 Å². The summed E-state index contributed by atoms with van der Waals surface area (Å²) in [6.07, 6.45) is 0. The minimum atomic E-state index is -4.27. The maximum Gasteiger partial charge on any atom is 0.355 e. The SMILES string of the molecule is CCOC(=O)c1c(C)c(C(=O)C(C)N(C)S(=O)(=O)c2ccc(Cl)c([N+](=O)[O-])c2)c(C)n1C. The van der Waals surface area contributed by atoms with E-state index in [0.29, 0.717) is 11.3 Å². The maximum atomic E-state index is 13.3. The highest BCUT2D eigenvalue weighted by molar-refractivity contribution is 7.89. The van der Waals surface area contributed by atoms with E-state index in [1.807, 2.05) is 0 Å². The third-order valence-corrected chi connectivity index (χ3v) is 7.61. The lowest BCUT2D eigenvalue weighted by Crippen LogP contribution is -2.40. The monoisotopic (exact) mass is 485 g/mol. The molecule has 0 spiro atoms. The Morgan fingerprint density at radius 3 is 2.44 bits per heavy atom. The van der Waals surface area contributed by atoms with Crippen molar-refractivity contribution in [2.75, 3.05) is 13.7 Å². The maximum absolute atomic E-state index is 13.3. The van der Waals surface area contributed by atoms with E-state index in [0.717, 1.165) is 22.5 Å². The molecular weight excluding hydrogens is 462 g/mol. The van der Waals surface area contributed by atoms with Crippen LogP contribution in [0.3, 0.4) is 0 Å². The Hall–Kier alpha value is -2.76. The molecule has 0 saturated carbocycles. The van der Waals surface area contributed by atoms with Crippen LogP contribution in [0.25, 0.3) is 0 Å². The van der Waals surface area contributed by atoms with Crippen LogP contribution in [0.5, 0.6) is 0 Å². The van der Waals surface area contributed by atoms with E-state index in [1.165, 1.54) is 18.5 Å². The van der Waals surface area contributed by atoms with Gasteiger partial charge in [0.15, 0.2) is 5.78 Å². The van der Waals surface area contributed by atoms with Gasteiger partial charge in [-0.05, 0) is 45.4 Å². The minimum absolute atomic E-state index is 0.163. The topological polar surface area (TPSA) is 129 Å². The molecule has 0 fully saturated rings. The lowest BCUT2D eigenvalue weighted by Gasteiger charge is -2.23. The van der Waals surface area contributed by atoms with Crippen molar-refractivity contribution in [3.05, 3.63) is 55.9 Å². The molecule has 10 nitrogen and oxygen atoms in total. The summed E-state index contributed by atoms with van der Waals surface area (Å²) in [5.74, 6) is -1.11. The molecular formula is C20H24ClN3O7S. The van der Waals surface area contributed by atoms with Crippen LogP contribution in [-0.2, 0) is 21.8 Å². The van der Waals surface area contributed by atoms with Crippen LogP contribution in [-0.4, -0.2) is 53.7 Å². The number of hydrogen-bond donors (Lipinski definition) is 0. The second-order valence-corrected chi connectivity index (χ2v) is 9.55. The molecule has 2 aromatic rings. The zero-order chi connectivity index (χ0) is 24.5. The summed E-state index contributed by atoms with van der Waals surface area (Å²) in [5.41, 5.74) is 0.725. The van der Waals surface area contributed by atoms with Crippen molar-refractivity contribution in [1.29, 1.82) is 0 Å². The molecule has 32 heavy (non-hydrogen) atoms. The van der Waals surface area contributed by atoms with Crippen molar-refractivity contribution < 1.29 is 27.7 Å². The molecule has 1 heterocycles. The number of aromatic nitrogens is 1. The van der Waals surface area contributed by atoms with Crippen molar-refractivity contribution in [2.45, 2.75) is 38.6 Å². The zero-order valence-electron chi connectivity index (χ0n) is 18.5. The molecule has 0 amide bonds. The zero-order valence-corrected chi connectivity index (χ0v) is 20.1. The molecule has 0 aliphatic carbocycles. The van der Waals surface area contributed by atoms with E-state index >= 15 is 0 Å². The Morgan fingerprint density at radius 2 is 1.91 bits per heavy atom. The molecule has 0 saturated heterocycles. The number of ether oxygens (including phenoxy) is 1. The summed E-state index contributed by atoms with van der Waals surface area (Å²) in [6.45, 7) is 6.47. The quantitative estimate of drug-likeness (QED) is 0.243. The van der Waals surface area contributed by atoms with Gasteiger partial charge in [0.25, 0.3) is 5.69 Å². The van der Waals surface area contributed by atoms with Crippen LogP contribution in [0.2, 0.25) is 5.02 Å². The Kier molecular flexibility index (Phi) is 7.48. The Morgan fingerprint density at radius 1 is 1.31 bits per heavy atom. The molecule has 1 unspecified atom stereocenters. The van der Waals surface area contributed by atoms with Crippen molar-refractivity contribution in [1.82, 2.24) is 8.87 Å². The fourth-order valence-corrected chi connectivity index (χ4v) is 4.90. The van der Waals surface area contributed by atoms with Crippen molar-refractivity contribution in [3.63, 3.8) is 0 Å². The first-order valence-corrected chi connectivity index (χ1v) is 11.4. The number of sulfonamides is 1. The number of rotatable bonds is 8. The second kappa shape index (κ2) is 9.39. The van der Waals surface area contributed by atoms with Gasteiger partial charge >= 0.3 is 5.97 Å². The van der Waals surface area contributed by atoms with Crippen LogP contribution < -0.4 is 0 Å². The average molecular weight is 486 g/mol. The molecule has 12 heteroatoms. The van der Waals surface area contributed by atoms with Crippen LogP contribution in [0.15, 0.2) is 23.1 Å². The molecule has 1 aromatic carbocycles. The van der Waals surface area contributed by atoms with Crippen LogP contribution in [0.1, 0.15) is 46.0 Å². The number of benzene rings is 1. The molecule has 1 atom stereocenters. The van der Waals surface area contributed by atoms with Gasteiger partial charge in [-0.2, -0.15) is 4.31 Å². The summed E-state index contributed by atoms with van der Waals surface area (Å²) in [6, 6.07) is 1.94. The number of nitrogens with zero attached hydrogens (tertiary/aromatic N) is 3. The number of nitro groups is 1. The highest BCUT2D eigenvalue weighted by atomic mass is 35.5. The van der Waals surface area contributed by atoms with E-state index in [-0.39, 0.29) is 27.8 Å². The molecule has 0 aliphatic rings. The normalized spacial score (nSPS) is 12.6. The summed E-state index contributed by atoms with van der Waals surface area (Å²) in [4.78, 5) is 35.6. The second-order valence-electron chi connectivity index (χ2n) is 7.15. The fourth-order valence-electron chi connectivity index (χ4n) is 3.37. The van der Waals surface area contributed by atoms with Crippen LogP contribution in [0, 0.1) is 24.0 Å². The van der Waals surface area contributed by atoms with Crippen LogP contribution >= 0.6 is 11.6 Å². The predicted octanol–water partition coefficient (Wildman–Crippen LogP) is 3.27. The first kappa shape index (κ1) is 25.5.